The molecule has 3 aromatic rings. The van der Waals surface area contributed by atoms with Gasteiger partial charge in [-0.3, -0.25) is 9.69 Å². The van der Waals surface area contributed by atoms with E-state index >= 15 is 0 Å². The molecule has 6 heteroatoms. The minimum atomic E-state index is -0.0208. The number of methoxy groups -OCH3 is 1. The topological polar surface area (TPSA) is 54.5 Å². The van der Waals surface area contributed by atoms with Crippen LogP contribution in [0.25, 0.3) is 10.2 Å². The summed E-state index contributed by atoms with van der Waals surface area (Å²) in [6.45, 7) is 1.28. The predicted octanol–water partition coefficient (Wildman–Crippen LogP) is 4.47. The summed E-state index contributed by atoms with van der Waals surface area (Å²) >= 11 is 1.74. The first-order valence-electron chi connectivity index (χ1n) is 9.27. The fraction of sp³-hybridized carbons (Fsp3) is 0.333. The molecule has 1 saturated heterocycles. The quantitative estimate of drug-likeness (QED) is 0.708. The maximum Gasteiger partial charge on any atom is 0.238 e. The zero-order chi connectivity index (χ0) is 18.6. The van der Waals surface area contributed by atoms with Gasteiger partial charge in [-0.15, -0.1) is 11.3 Å². The highest BCUT2D eigenvalue weighted by atomic mass is 32.1. The maximum absolute atomic E-state index is 12.7. The van der Waals surface area contributed by atoms with Crippen molar-refractivity contribution in [3.8, 4) is 5.75 Å². The monoisotopic (exact) mass is 381 g/mol. The Balaban J connectivity index is 1.49. The molecule has 0 spiro atoms. The molecule has 0 aliphatic carbocycles. The van der Waals surface area contributed by atoms with E-state index in [1.165, 1.54) is 11.1 Å². The number of piperidine rings is 1. The van der Waals surface area contributed by atoms with Crippen LogP contribution in [0.15, 0.2) is 48.5 Å². The normalized spacial score (nSPS) is 17.7. The number of aromatic nitrogens is 1. The Morgan fingerprint density at radius 2 is 2.04 bits per heavy atom. The number of ether oxygens (including phenoxy) is 1. The van der Waals surface area contributed by atoms with E-state index in [-0.39, 0.29) is 11.9 Å². The lowest BCUT2D eigenvalue weighted by Gasteiger charge is -2.33. The van der Waals surface area contributed by atoms with Gasteiger partial charge in [0.15, 0.2) is 0 Å². The van der Waals surface area contributed by atoms with Gasteiger partial charge >= 0.3 is 0 Å². The number of nitrogens with zero attached hydrogens (tertiary/aromatic N) is 2. The summed E-state index contributed by atoms with van der Waals surface area (Å²) in [6, 6.07) is 15.9. The number of benzene rings is 2. The van der Waals surface area contributed by atoms with Crippen LogP contribution < -0.4 is 10.1 Å². The van der Waals surface area contributed by atoms with Gasteiger partial charge in [0, 0.05) is 0 Å². The van der Waals surface area contributed by atoms with Gasteiger partial charge in [-0.1, -0.05) is 30.7 Å². The van der Waals surface area contributed by atoms with Crippen molar-refractivity contribution in [2.75, 3.05) is 25.5 Å². The van der Waals surface area contributed by atoms with Crippen molar-refractivity contribution in [2.45, 2.75) is 25.3 Å². The molecule has 1 fully saturated rings. The average Bonchev–Trinajstić information content (AvgIpc) is 3.13. The van der Waals surface area contributed by atoms with E-state index in [4.69, 9.17) is 9.72 Å². The van der Waals surface area contributed by atoms with Gasteiger partial charge in [-0.2, -0.15) is 0 Å². The van der Waals surface area contributed by atoms with Gasteiger partial charge in [-0.05, 0) is 43.7 Å². The number of anilines is 1. The van der Waals surface area contributed by atoms with Gasteiger partial charge in [0.05, 0.1) is 35.6 Å². The molecule has 5 nitrogen and oxygen atoms in total. The second-order valence-corrected chi connectivity index (χ2v) is 7.81. The number of carbonyl (C=O) groups is 1. The number of para-hydroxylation sites is 3. The van der Waals surface area contributed by atoms with E-state index in [9.17, 15) is 4.79 Å². The summed E-state index contributed by atoms with van der Waals surface area (Å²) in [4.78, 5) is 19.8. The smallest absolute Gasteiger partial charge is 0.238 e. The highest BCUT2D eigenvalue weighted by molar-refractivity contribution is 7.18. The second kappa shape index (κ2) is 8.06. The zero-order valence-electron chi connectivity index (χ0n) is 15.4. The van der Waals surface area contributed by atoms with E-state index < -0.39 is 0 Å². The first-order chi connectivity index (χ1) is 13.2. The SMILES string of the molecule is COc1ccccc1NC(=O)CN1CCCC[C@@H]1c1nc2ccccc2s1. The Morgan fingerprint density at radius 1 is 1.22 bits per heavy atom. The van der Waals surface area contributed by atoms with Crippen LogP contribution in [0.1, 0.15) is 30.3 Å². The van der Waals surface area contributed by atoms with Gasteiger partial charge < -0.3 is 10.1 Å². The molecule has 1 aromatic heterocycles. The van der Waals surface area contributed by atoms with Crippen molar-refractivity contribution < 1.29 is 9.53 Å². The summed E-state index contributed by atoms with van der Waals surface area (Å²) in [5, 5.41) is 4.10. The standard InChI is InChI=1S/C21H23N3O2S/c1-26-18-11-4-2-8-15(18)22-20(25)14-24-13-7-6-10-17(24)21-23-16-9-3-5-12-19(16)27-21/h2-5,8-9,11-12,17H,6-7,10,13-14H2,1H3,(H,22,25)/t17-/m1/s1. The molecule has 140 valence electrons. The van der Waals surface area contributed by atoms with Crippen LogP contribution in [0, 0.1) is 0 Å². The third-order valence-corrected chi connectivity index (χ3v) is 6.07. The molecule has 27 heavy (non-hydrogen) atoms. The fourth-order valence-electron chi connectivity index (χ4n) is 3.61. The van der Waals surface area contributed by atoms with Crippen LogP contribution in [0.5, 0.6) is 5.75 Å². The lowest BCUT2D eigenvalue weighted by Crippen LogP contribution is -2.39. The number of rotatable bonds is 5. The Bertz CT molecular complexity index is 907. The van der Waals surface area contributed by atoms with Crippen molar-refractivity contribution in [1.82, 2.24) is 9.88 Å². The van der Waals surface area contributed by atoms with E-state index in [1.54, 1.807) is 18.4 Å². The molecule has 0 unspecified atom stereocenters. The van der Waals surface area contributed by atoms with Crippen molar-refractivity contribution >= 4 is 33.1 Å². The summed E-state index contributed by atoms with van der Waals surface area (Å²) in [6.07, 6.45) is 3.33. The van der Waals surface area contributed by atoms with E-state index in [1.807, 2.05) is 36.4 Å². The van der Waals surface area contributed by atoms with Crippen molar-refractivity contribution in [3.63, 3.8) is 0 Å². The van der Waals surface area contributed by atoms with Crippen LogP contribution >= 0.6 is 11.3 Å². The molecule has 2 heterocycles. The molecule has 4 rings (SSSR count). The molecule has 0 bridgehead atoms. The molecule has 1 aliphatic rings. The Kier molecular flexibility index (Phi) is 5.36. The number of carbonyl (C=O) groups excluding carboxylic acids is 1. The zero-order valence-corrected chi connectivity index (χ0v) is 16.2. The molecule has 1 N–H and O–H groups in total. The Labute approximate surface area is 163 Å². The summed E-state index contributed by atoms with van der Waals surface area (Å²) < 4.78 is 6.53. The van der Waals surface area contributed by atoms with Crippen molar-refractivity contribution in [2.24, 2.45) is 0 Å². The average molecular weight is 382 g/mol. The molecule has 1 amide bonds. The number of hydrogen-bond acceptors (Lipinski definition) is 5. The van der Waals surface area contributed by atoms with E-state index in [2.05, 4.69) is 22.3 Å². The van der Waals surface area contributed by atoms with E-state index in [0.29, 0.717) is 18.0 Å². The van der Waals surface area contributed by atoms with Crippen molar-refractivity contribution in [3.05, 3.63) is 53.5 Å². The number of likely N-dealkylation sites (tertiary alicyclic amines) is 1. The predicted molar refractivity (Wildman–Crippen MR) is 109 cm³/mol. The highest BCUT2D eigenvalue weighted by Gasteiger charge is 2.28. The van der Waals surface area contributed by atoms with Gasteiger partial charge in [-0.25, -0.2) is 4.98 Å². The third kappa shape index (κ3) is 3.96. The van der Waals surface area contributed by atoms with Gasteiger partial charge in [0.2, 0.25) is 5.91 Å². The van der Waals surface area contributed by atoms with Crippen LogP contribution in [-0.4, -0.2) is 36.0 Å². The number of fused-ring (bicyclic) bond motifs is 1. The molecule has 2 aromatic carbocycles. The fourth-order valence-corrected chi connectivity index (χ4v) is 4.75. The number of thiazole rings is 1. The van der Waals surface area contributed by atoms with E-state index in [0.717, 1.165) is 29.9 Å². The first-order valence-corrected chi connectivity index (χ1v) is 10.1. The van der Waals surface area contributed by atoms with Crippen LogP contribution in [0.2, 0.25) is 0 Å². The number of hydrogen-bond donors (Lipinski definition) is 1. The lowest BCUT2D eigenvalue weighted by molar-refractivity contribution is -0.118. The molecule has 1 aliphatic heterocycles. The summed E-state index contributed by atoms with van der Waals surface area (Å²) in [5.41, 5.74) is 1.75. The minimum absolute atomic E-state index is 0.0208. The summed E-state index contributed by atoms with van der Waals surface area (Å²) in [7, 11) is 1.61. The Hall–Kier alpha value is -2.44. The van der Waals surface area contributed by atoms with Gasteiger partial charge in [0.1, 0.15) is 10.8 Å². The minimum Gasteiger partial charge on any atom is -0.495 e. The second-order valence-electron chi connectivity index (χ2n) is 6.75. The Morgan fingerprint density at radius 3 is 2.89 bits per heavy atom. The number of nitrogens with one attached hydrogen (secondary N) is 1. The largest absolute Gasteiger partial charge is 0.495 e. The third-order valence-electron chi connectivity index (χ3n) is 4.94. The van der Waals surface area contributed by atoms with Gasteiger partial charge in [0.25, 0.3) is 0 Å². The van der Waals surface area contributed by atoms with Crippen LogP contribution in [0.4, 0.5) is 5.69 Å². The molecule has 0 saturated carbocycles. The van der Waals surface area contributed by atoms with Crippen LogP contribution in [0.3, 0.4) is 0 Å². The molecule has 1 atom stereocenters. The first kappa shape index (κ1) is 17.9. The maximum atomic E-state index is 12.7. The van der Waals surface area contributed by atoms with Crippen molar-refractivity contribution in [1.29, 1.82) is 0 Å². The molecular weight excluding hydrogens is 358 g/mol. The molecular formula is C21H23N3O2S. The summed E-state index contributed by atoms with van der Waals surface area (Å²) in [5.74, 6) is 0.653. The lowest BCUT2D eigenvalue weighted by atomic mass is 10.0. The molecule has 0 radical (unpaired) electrons. The van der Waals surface area contributed by atoms with Crippen LogP contribution in [-0.2, 0) is 4.79 Å². The highest BCUT2D eigenvalue weighted by Crippen LogP contribution is 2.35. The number of amides is 1.